The van der Waals surface area contributed by atoms with Gasteiger partial charge in [-0.3, -0.25) is 4.99 Å². The number of rotatable bonds is 5. The van der Waals surface area contributed by atoms with Crippen LogP contribution in [0.5, 0.6) is 0 Å². The average Bonchev–Trinajstić information content (AvgIpc) is 2.92. The minimum absolute atomic E-state index is 0.00989. The first-order valence-corrected chi connectivity index (χ1v) is 7.52. The minimum atomic E-state index is -1.03. The Morgan fingerprint density at radius 3 is 2.22 bits per heavy atom. The van der Waals surface area contributed by atoms with Crippen molar-refractivity contribution in [1.82, 2.24) is 0 Å². The number of aliphatic imine (C=N–C) groups is 1. The Morgan fingerprint density at radius 2 is 1.65 bits per heavy atom. The van der Waals surface area contributed by atoms with Crippen LogP contribution in [0.25, 0.3) is 11.1 Å². The Morgan fingerprint density at radius 1 is 1.09 bits per heavy atom. The van der Waals surface area contributed by atoms with E-state index in [2.05, 4.69) is 17.1 Å². The molecule has 120 valence electrons. The molecule has 1 atom stereocenters. The molecule has 0 aromatic heterocycles. The van der Waals surface area contributed by atoms with Crippen LogP contribution < -0.4 is 5.11 Å². The summed E-state index contributed by atoms with van der Waals surface area (Å²) < 4.78 is 5.24. The van der Waals surface area contributed by atoms with Crippen molar-refractivity contribution in [1.29, 1.82) is 0 Å². The molecule has 2 aromatic rings. The van der Waals surface area contributed by atoms with Crippen molar-refractivity contribution < 1.29 is 20.1 Å². The van der Waals surface area contributed by atoms with Gasteiger partial charge in [0.15, 0.2) is 0 Å². The summed E-state index contributed by atoms with van der Waals surface area (Å²) in [6, 6.07) is 16.2. The number of hydrogen-bond acceptors (Lipinski definition) is 5. The van der Waals surface area contributed by atoms with Gasteiger partial charge in [-0.1, -0.05) is 48.5 Å². The zero-order valence-corrected chi connectivity index (χ0v) is 12.6. The van der Waals surface area contributed by atoms with Crippen molar-refractivity contribution in [2.75, 3.05) is 19.8 Å². The van der Waals surface area contributed by atoms with Gasteiger partial charge in [0, 0.05) is 12.5 Å². The highest BCUT2D eigenvalue weighted by molar-refractivity contribution is 5.78. The summed E-state index contributed by atoms with van der Waals surface area (Å²) in [6.45, 7) is -0.390. The van der Waals surface area contributed by atoms with E-state index >= 15 is 0 Å². The van der Waals surface area contributed by atoms with Gasteiger partial charge in [-0.15, -0.1) is 0 Å². The van der Waals surface area contributed by atoms with Gasteiger partial charge in [0.25, 0.3) is 0 Å². The number of benzene rings is 2. The van der Waals surface area contributed by atoms with E-state index in [1.54, 1.807) is 0 Å². The number of ether oxygens (including phenoxy) is 1. The summed E-state index contributed by atoms with van der Waals surface area (Å²) in [5.41, 5.74) is 4.60. The molecular formula is C18H18NO4-. The van der Waals surface area contributed by atoms with Crippen LogP contribution in [-0.4, -0.2) is 42.2 Å². The smallest absolute Gasteiger partial charge is 0.145 e. The summed E-state index contributed by atoms with van der Waals surface area (Å²) in [6.07, 6.45) is -1.75. The van der Waals surface area contributed by atoms with Crippen molar-refractivity contribution in [3.63, 3.8) is 0 Å². The van der Waals surface area contributed by atoms with E-state index in [0.29, 0.717) is 0 Å². The minimum Gasteiger partial charge on any atom is -0.599 e. The molecule has 0 saturated carbocycles. The quantitative estimate of drug-likeness (QED) is 0.634. The largest absolute Gasteiger partial charge is 0.599 e. The Kier molecular flexibility index (Phi) is 4.60. The maximum Gasteiger partial charge on any atom is 0.145 e. The first-order chi connectivity index (χ1) is 11.2. The van der Waals surface area contributed by atoms with Gasteiger partial charge in [0.05, 0.1) is 19.3 Å². The van der Waals surface area contributed by atoms with Gasteiger partial charge in [0.1, 0.15) is 6.08 Å². The molecule has 0 aliphatic heterocycles. The van der Waals surface area contributed by atoms with Crippen molar-refractivity contribution in [2.24, 2.45) is 4.99 Å². The lowest BCUT2D eigenvalue weighted by Crippen LogP contribution is -2.26. The summed E-state index contributed by atoms with van der Waals surface area (Å²) in [5.74, 6) is -0.00989. The number of aliphatic hydroxyl groups excluding tert-OH is 2. The highest BCUT2D eigenvalue weighted by Crippen LogP contribution is 2.44. The number of hydrogen-bond donors (Lipinski definition) is 2. The Labute approximate surface area is 134 Å². The van der Waals surface area contributed by atoms with E-state index in [1.807, 2.05) is 36.4 Å². The zero-order valence-electron chi connectivity index (χ0n) is 12.6. The van der Waals surface area contributed by atoms with Gasteiger partial charge in [0.2, 0.25) is 0 Å². The highest BCUT2D eigenvalue weighted by atomic mass is 16.6. The highest BCUT2D eigenvalue weighted by Gasteiger charge is 2.26. The third kappa shape index (κ3) is 3.21. The number of nitrogens with zero attached hydrogens (tertiary/aromatic N) is 1. The van der Waals surface area contributed by atoms with E-state index in [-0.39, 0.29) is 19.1 Å². The Bertz CT molecular complexity index is 668. The predicted molar refractivity (Wildman–Crippen MR) is 85.1 cm³/mol. The fourth-order valence-electron chi connectivity index (χ4n) is 2.88. The fraction of sp³-hybridized carbons (Fsp3) is 0.278. The summed E-state index contributed by atoms with van der Waals surface area (Å²) in [5, 5.41) is 29.6. The van der Waals surface area contributed by atoms with Crippen molar-refractivity contribution >= 4 is 6.08 Å². The number of aliphatic hydroxyl groups is 2. The molecule has 0 saturated heterocycles. The molecule has 3 rings (SSSR count). The van der Waals surface area contributed by atoms with Crippen LogP contribution in [0.3, 0.4) is 0 Å². The first kappa shape index (κ1) is 15.5. The summed E-state index contributed by atoms with van der Waals surface area (Å²) in [7, 11) is 0. The van der Waals surface area contributed by atoms with Crippen LogP contribution in [0.15, 0.2) is 53.5 Å². The van der Waals surface area contributed by atoms with E-state index < -0.39 is 18.8 Å². The molecule has 1 aliphatic rings. The molecule has 1 unspecified atom stereocenters. The maximum absolute atomic E-state index is 11.7. The van der Waals surface area contributed by atoms with E-state index in [1.165, 1.54) is 0 Å². The SMILES string of the molecule is [O-]C(=NCC(O)CO)OCC1c2ccccc2-c2ccccc21. The van der Waals surface area contributed by atoms with Crippen molar-refractivity contribution in [2.45, 2.75) is 12.0 Å². The lowest BCUT2D eigenvalue weighted by molar-refractivity contribution is -0.251. The fourth-order valence-corrected chi connectivity index (χ4v) is 2.88. The molecule has 2 N–H and O–H groups in total. The average molecular weight is 312 g/mol. The molecule has 0 heterocycles. The molecule has 5 heteroatoms. The van der Waals surface area contributed by atoms with Gasteiger partial charge in [-0.2, -0.15) is 0 Å². The molecule has 0 spiro atoms. The molecule has 23 heavy (non-hydrogen) atoms. The molecule has 1 aliphatic carbocycles. The van der Waals surface area contributed by atoms with Crippen molar-refractivity contribution in [3.8, 4) is 11.1 Å². The molecule has 5 nitrogen and oxygen atoms in total. The van der Waals surface area contributed by atoms with E-state index in [9.17, 15) is 10.2 Å². The second kappa shape index (κ2) is 6.81. The molecule has 0 bridgehead atoms. The first-order valence-electron chi connectivity index (χ1n) is 7.52. The monoisotopic (exact) mass is 312 g/mol. The molecule has 2 aromatic carbocycles. The van der Waals surface area contributed by atoms with Crippen molar-refractivity contribution in [3.05, 3.63) is 59.7 Å². The Balaban J connectivity index is 1.76. The zero-order chi connectivity index (χ0) is 16.2. The standard InChI is InChI=1S/C18H19NO4/c20-10-12(21)9-19-18(22)23-11-17-15-7-3-1-5-13(15)14-6-2-4-8-16(14)17/h1-8,12,17,20-21H,9-11H2,(H,19,22)/p-1. The topological polar surface area (TPSA) is 85.1 Å². The van der Waals surface area contributed by atoms with Crippen LogP contribution >= 0.6 is 0 Å². The maximum atomic E-state index is 11.7. The summed E-state index contributed by atoms with van der Waals surface area (Å²) in [4.78, 5) is 3.60. The van der Waals surface area contributed by atoms with Crippen LogP contribution in [0.2, 0.25) is 0 Å². The van der Waals surface area contributed by atoms with Crippen LogP contribution in [0.1, 0.15) is 17.0 Å². The van der Waals surface area contributed by atoms with Gasteiger partial charge in [-0.05, 0) is 22.3 Å². The van der Waals surface area contributed by atoms with Crippen LogP contribution in [0, 0.1) is 0 Å². The molecule has 0 amide bonds. The second-order valence-electron chi connectivity index (χ2n) is 5.48. The lowest BCUT2D eigenvalue weighted by Gasteiger charge is -2.21. The van der Waals surface area contributed by atoms with Crippen LogP contribution in [-0.2, 0) is 4.74 Å². The molecule has 0 radical (unpaired) electrons. The Hall–Kier alpha value is -2.37. The molecular weight excluding hydrogens is 294 g/mol. The van der Waals surface area contributed by atoms with Crippen LogP contribution in [0.4, 0.5) is 0 Å². The van der Waals surface area contributed by atoms with E-state index in [0.717, 1.165) is 22.3 Å². The van der Waals surface area contributed by atoms with Gasteiger partial charge < -0.3 is 20.1 Å². The second-order valence-corrected chi connectivity index (χ2v) is 5.48. The van der Waals surface area contributed by atoms with Gasteiger partial charge in [-0.25, -0.2) is 0 Å². The third-order valence-electron chi connectivity index (χ3n) is 3.98. The summed E-state index contributed by atoms with van der Waals surface area (Å²) >= 11 is 0. The molecule has 0 fully saturated rings. The lowest BCUT2D eigenvalue weighted by atomic mass is 9.98. The normalized spacial score (nSPS) is 15.1. The number of fused-ring (bicyclic) bond motifs is 3. The van der Waals surface area contributed by atoms with Gasteiger partial charge >= 0.3 is 0 Å². The predicted octanol–water partition coefficient (Wildman–Crippen LogP) is 0.885. The third-order valence-corrected chi connectivity index (χ3v) is 3.98. The van der Waals surface area contributed by atoms with E-state index in [4.69, 9.17) is 9.84 Å².